The molecule has 5 heteroatoms. The Morgan fingerprint density at radius 2 is 2.00 bits per heavy atom. The maximum atomic E-state index is 5.76. The van der Waals surface area contributed by atoms with Gasteiger partial charge in [0.25, 0.3) is 0 Å². The van der Waals surface area contributed by atoms with E-state index < -0.39 is 0 Å². The van der Waals surface area contributed by atoms with E-state index in [1.807, 2.05) is 6.07 Å². The lowest BCUT2D eigenvalue weighted by Crippen LogP contribution is -2.29. The van der Waals surface area contributed by atoms with Gasteiger partial charge in [-0.3, -0.25) is 0 Å². The molecule has 0 aliphatic rings. The molecule has 0 aliphatic carbocycles. The highest BCUT2D eigenvalue weighted by Crippen LogP contribution is 2.14. The van der Waals surface area contributed by atoms with E-state index in [0.29, 0.717) is 6.61 Å². The first-order valence-electron chi connectivity index (χ1n) is 5.72. The predicted molar refractivity (Wildman–Crippen MR) is 69.2 cm³/mol. The number of hydrogen-bond acceptors (Lipinski definition) is 5. The minimum absolute atomic E-state index is 0.670. The first kappa shape index (κ1) is 13.7. The number of ether oxygens (including phenoxy) is 2. The number of hydrogen-bond donors (Lipinski definition) is 1. The van der Waals surface area contributed by atoms with Gasteiger partial charge in [-0.15, -0.1) is 0 Å². The van der Waals surface area contributed by atoms with Gasteiger partial charge in [-0.2, -0.15) is 0 Å². The second-order valence-electron chi connectivity index (χ2n) is 3.77. The number of aromatic nitrogens is 1. The van der Waals surface area contributed by atoms with Crippen molar-refractivity contribution >= 4 is 11.5 Å². The lowest BCUT2D eigenvalue weighted by molar-refractivity contribution is 0.191. The van der Waals surface area contributed by atoms with Gasteiger partial charge in [0.1, 0.15) is 5.82 Å². The normalized spacial score (nSPS) is 10.5. The highest BCUT2D eigenvalue weighted by atomic mass is 16.5. The van der Waals surface area contributed by atoms with Gasteiger partial charge < -0.3 is 20.1 Å². The van der Waals surface area contributed by atoms with E-state index in [1.54, 1.807) is 26.5 Å². The minimum atomic E-state index is 0.670. The number of nitrogens with zero attached hydrogens (tertiary/aromatic N) is 2. The van der Waals surface area contributed by atoms with Crippen molar-refractivity contribution in [2.75, 3.05) is 51.2 Å². The summed E-state index contributed by atoms with van der Waals surface area (Å²) in [5.41, 5.74) is 6.48. The molecule has 0 fully saturated rings. The summed E-state index contributed by atoms with van der Waals surface area (Å²) in [6.07, 6.45) is 2.68. The number of nitrogen functional groups attached to an aromatic ring is 1. The standard InChI is InChI=1S/C12H21N3O2/c1-16-8-3-6-15(7-9-17-2)12-10-11(13)4-5-14-12/h4-5,10H,3,6-9H2,1-2H3,(H2,13,14). The summed E-state index contributed by atoms with van der Waals surface area (Å²) in [6, 6.07) is 3.66. The largest absolute Gasteiger partial charge is 0.399 e. The van der Waals surface area contributed by atoms with Crippen molar-refractivity contribution in [2.24, 2.45) is 0 Å². The average Bonchev–Trinajstić information content (AvgIpc) is 2.33. The zero-order valence-corrected chi connectivity index (χ0v) is 10.6. The van der Waals surface area contributed by atoms with Crippen LogP contribution in [0.1, 0.15) is 6.42 Å². The van der Waals surface area contributed by atoms with E-state index in [4.69, 9.17) is 15.2 Å². The highest BCUT2D eigenvalue weighted by molar-refractivity contribution is 5.50. The Morgan fingerprint density at radius 1 is 1.24 bits per heavy atom. The number of methoxy groups -OCH3 is 2. The molecule has 0 radical (unpaired) electrons. The van der Waals surface area contributed by atoms with Gasteiger partial charge in [0.05, 0.1) is 6.61 Å². The van der Waals surface area contributed by atoms with Gasteiger partial charge in [0.2, 0.25) is 0 Å². The van der Waals surface area contributed by atoms with Gasteiger partial charge >= 0.3 is 0 Å². The van der Waals surface area contributed by atoms with Crippen LogP contribution in [0.4, 0.5) is 11.5 Å². The molecule has 0 bridgehead atoms. The molecule has 17 heavy (non-hydrogen) atoms. The van der Waals surface area contributed by atoms with Gasteiger partial charge in [0.15, 0.2) is 0 Å². The lowest BCUT2D eigenvalue weighted by atomic mass is 10.3. The summed E-state index contributed by atoms with van der Waals surface area (Å²) < 4.78 is 10.2. The third-order valence-corrected chi connectivity index (χ3v) is 2.44. The second-order valence-corrected chi connectivity index (χ2v) is 3.77. The van der Waals surface area contributed by atoms with Crippen LogP contribution < -0.4 is 10.6 Å². The molecule has 2 N–H and O–H groups in total. The van der Waals surface area contributed by atoms with E-state index in [1.165, 1.54) is 0 Å². The van der Waals surface area contributed by atoms with Crippen molar-refractivity contribution in [3.05, 3.63) is 18.3 Å². The van der Waals surface area contributed by atoms with E-state index in [2.05, 4.69) is 9.88 Å². The van der Waals surface area contributed by atoms with Crippen LogP contribution in [0, 0.1) is 0 Å². The van der Waals surface area contributed by atoms with Gasteiger partial charge in [-0.25, -0.2) is 4.98 Å². The summed E-state index contributed by atoms with van der Waals surface area (Å²) in [5, 5.41) is 0. The van der Waals surface area contributed by atoms with Crippen molar-refractivity contribution in [3.63, 3.8) is 0 Å². The van der Waals surface area contributed by atoms with Crippen molar-refractivity contribution in [3.8, 4) is 0 Å². The molecule has 0 atom stereocenters. The second kappa shape index (κ2) is 7.86. The van der Waals surface area contributed by atoms with Crippen LogP contribution in [0.3, 0.4) is 0 Å². The van der Waals surface area contributed by atoms with Crippen LogP contribution in [0.25, 0.3) is 0 Å². The highest BCUT2D eigenvalue weighted by Gasteiger charge is 2.07. The minimum Gasteiger partial charge on any atom is -0.399 e. The molecule has 1 rings (SSSR count). The quantitative estimate of drug-likeness (QED) is 0.690. The van der Waals surface area contributed by atoms with Gasteiger partial charge in [-0.05, 0) is 12.5 Å². The fraction of sp³-hybridized carbons (Fsp3) is 0.583. The fourth-order valence-corrected chi connectivity index (χ4v) is 1.55. The molecule has 0 unspecified atom stereocenters. The number of rotatable bonds is 8. The Hall–Kier alpha value is -1.33. The van der Waals surface area contributed by atoms with Crippen LogP contribution in [0.15, 0.2) is 18.3 Å². The molecule has 0 saturated carbocycles. The summed E-state index contributed by atoms with van der Waals surface area (Å²) in [6.45, 7) is 3.10. The molecule has 0 aliphatic heterocycles. The van der Waals surface area contributed by atoms with E-state index in [-0.39, 0.29) is 0 Å². The third-order valence-electron chi connectivity index (χ3n) is 2.44. The Balaban J connectivity index is 2.60. The van der Waals surface area contributed by atoms with E-state index in [0.717, 1.165) is 37.6 Å². The van der Waals surface area contributed by atoms with Crippen LogP contribution in [-0.4, -0.2) is 45.5 Å². The molecule has 1 aromatic heterocycles. The van der Waals surface area contributed by atoms with Crippen LogP contribution in [0.5, 0.6) is 0 Å². The molecule has 0 saturated heterocycles. The Morgan fingerprint density at radius 3 is 2.65 bits per heavy atom. The van der Waals surface area contributed by atoms with Crippen molar-refractivity contribution in [2.45, 2.75) is 6.42 Å². The number of pyridine rings is 1. The van der Waals surface area contributed by atoms with Crippen molar-refractivity contribution in [1.82, 2.24) is 4.98 Å². The molecule has 5 nitrogen and oxygen atoms in total. The summed E-state index contributed by atoms with van der Waals surface area (Å²) in [4.78, 5) is 6.47. The molecule has 0 aromatic carbocycles. The maximum absolute atomic E-state index is 5.76. The summed E-state index contributed by atoms with van der Waals surface area (Å²) >= 11 is 0. The third kappa shape index (κ3) is 5.01. The summed E-state index contributed by atoms with van der Waals surface area (Å²) in [7, 11) is 3.40. The zero-order valence-electron chi connectivity index (χ0n) is 10.6. The predicted octanol–water partition coefficient (Wildman–Crippen LogP) is 1.15. The van der Waals surface area contributed by atoms with Crippen molar-refractivity contribution < 1.29 is 9.47 Å². The topological polar surface area (TPSA) is 60.6 Å². The van der Waals surface area contributed by atoms with Crippen LogP contribution in [-0.2, 0) is 9.47 Å². The lowest BCUT2D eigenvalue weighted by Gasteiger charge is -2.23. The zero-order chi connectivity index (χ0) is 12.5. The maximum Gasteiger partial charge on any atom is 0.130 e. The van der Waals surface area contributed by atoms with E-state index in [9.17, 15) is 0 Å². The Kier molecular flexibility index (Phi) is 6.35. The summed E-state index contributed by atoms with van der Waals surface area (Å²) in [5.74, 6) is 0.887. The Labute approximate surface area is 103 Å². The van der Waals surface area contributed by atoms with Gasteiger partial charge in [-0.1, -0.05) is 0 Å². The van der Waals surface area contributed by atoms with Crippen molar-refractivity contribution in [1.29, 1.82) is 0 Å². The molecule has 96 valence electrons. The average molecular weight is 239 g/mol. The fourth-order valence-electron chi connectivity index (χ4n) is 1.55. The van der Waals surface area contributed by atoms with Crippen LogP contribution >= 0.6 is 0 Å². The molecule has 0 spiro atoms. The molecule has 1 aromatic rings. The molecular weight excluding hydrogens is 218 g/mol. The number of anilines is 2. The number of nitrogens with two attached hydrogens (primary N) is 1. The van der Waals surface area contributed by atoms with E-state index >= 15 is 0 Å². The van der Waals surface area contributed by atoms with Crippen LogP contribution in [0.2, 0.25) is 0 Å². The molecule has 1 heterocycles. The molecule has 0 amide bonds. The Bertz CT molecular complexity index is 320. The SMILES string of the molecule is COCCCN(CCOC)c1cc(N)ccn1. The van der Waals surface area contributed by atoms with Gasteiger partial charge in [0, 0.05) is 51.9 Å². The first-order chi connectivity index (χ1) is 8.27. The first-order valence-corrected chi connectivity index (χ1v) is 5.72. The smallest absolute Gasteiger partial charge is 0.130 e. The monoisotopic (exact) mass is 239 g/mol. The molecular formula is C12H21N3O2.